The molecule has 0 amide bonds. The summed E-state index contributed by atoms with van der Waals surface area (Å²) in [5, 5.41) is 18.1. The maximum absolute atomic E-state index is 9.25. The summed E-state index contributed by atoms with van der Waals surface area (Å²) in [6.07, 6.45) is 0.884. The van der Waals surface area contributed by atoms with Gasteiger partial charge in [-0.25, -0.2) is 0 Å². The Balaban J connectivity index is 4.42. The molecule has 0 radical (unpaired) electrons. The van der Waals surface area contributed by atoms with E-state index in [4.69, 9.17) is 5.11 Å². The van der Waals surface area contributed by atoms with E-state index in [1.807, 2.05) is 13.8 Å². The zero-order valence-electron chi connectivity index (χ0n) is 9.67. The maximum atomic E-state index is 9.25. The quantitative estimate of drug-likeness (QED) is 0.674. The first-order valence-corrected chi connectivity index (χ1v) is 5.18. The van der Waals surface area contributed by atoms with Gasteiger partial charge in [-0.2, -0.15) is 0 Å². The van der Waals surface area contributed by atoms with Gasteiger partial charge in [-0.1, -0.05) is 25.7 Å². The van der Waals surface area contributed by atoms with Crippen LogP contribution in [0.2, 0.25) is 0 Å². The molecule has 0 rings (SSSR count). The van der Waals surface area contributed by atoms with E-state index in [0.717, 1.165) is 6.42 Å². The van der Waals surface area contributed by atoms with E-state index in [0.29, 0.717) is 5.92 Å². The lowest BCUT2D eigenvalue weighted by atomic mass is 9.83. The Kier molecular flexibility index (Phi) is 5.83. The number of aliphatic hydroxyl groups excluding tert-OH is 2. The molecule has 2 nitrogen and oxygen atoms in total. The van der Waals surface area contributed by atoms with Crippen molar-refractivity contribution in [3.05, 3.63) is 0 Å². The number of aliphatic hydroxyl groups is 2. The Bertz CT molecular complexity index is 212. The van der Waals surface area contributed by atoms with E-state index in [1.54, 1.807) is 0 Å². The van der Waals surface area contributed by atoms with Gasteiger partial charge in [0.25, 0.3) is 0 Å². The fraction of sp³-hybridized carbons (Fsp3) is 0.833. The summed E-state index contributed by atoms with van der Waals surface area (Å²) in [5.74, 6) is 6.55. The minimum absolute atomic E-state index is 0.00645. The Morgan fingerprint density at radius 2 is 1.79 bits per heavy atom. The molecular weight excluding hydrogens is 176 g/mol. The van der Waals surface area contributed by atoms with Crippen LogP contribution in [0, 0.1) is 29.1 Å². The molecule has 0 aromatic heterocycles. The molecule has 0 spiro atoms. The molecule has 0 fully saturated rings. The highest BCUT2D eigenvalue weighted by atomic mass is 16.3. The second-order valence-electron chi connectivity index (χ2n) is 4.67. The van der Waals surface area contributed by atoms with Gasteiger partial charge in [0.15, 0.2) is 0 Å². The topological polar surface area (TPSA) is 40.5 Å². The predicted octanol–water partition coefficient (Wildman–Crippen LogP) is 1.66. The van der Waals surface area contributed by atoms with E-state index in [9.17, 15) is 5.11 Å². The molecule has 14 heavy (non-hydrogen) atoms. The molecular formula is C12H22O2. The molecule has 0 saturated carbocycles. The van der Waals surface area contributed by atoms with E-state index < -0.39 is 0 Å². The molecule has 0 heterocycles. The average molecular weight is 198 g/mol. The van der Waals surface area contributed by atoms with Crippen LogP contribution in [-0.4, -0.2) is 23.4 Å². The summed E-state index contributed by atoms with van der Waals surface area (Å²) >= 11 is 0. The highest BCUT2D eigenvalue weighted by Crippen LogP contribution is 2.24. The van der Waals surface area contributed by atoms with Crippen LogP contribution in [-0.2, 0) is 0 Å². The van der Waals surface area contributed by atoms with Gasteiger partial charge in [-0.05, 0) is 26.2 Å². The first-order valence-electron chi connectivity index (χ1n) is 5.18. The van der Waals surface area contributed by atoms with Crippen LogP contribution >= 0.6 is 0 Å². The molecule has 0 aromatic rings. The van der Waals surface area contributed by atoms with Crippen LogP contribution in [0.3, 0.4) is 0 Å². The summed E-state index contributed by atoms with van der Waals surface area (Å²) in [6, 6.07) is 0. The lowest BCUT2D eigenvalue weighted by molar-refractivity contribution is 0.169. The molecule has 2 unspecified atom stereocenters. The van der Waals surface area contributed by atoms with Crippen molar-refractivity contribution in [3.63, 3.8) is 0 Å². The zero-order chi connectivity index (χ0) is 11.2. The molecule has 0 aliphatic carbocycles. The van der Waals surface area contributed by atoms with Crippen molar-refractivity contribution in [1.82, 2.24) is 0 Å². The van der Waals surface area contributed by atoms with Crippen LogP contribution < -0.4 is 0 Å². The first-order chi connectivity index (χ1) is 6.43. The number of hydrogen-bond acceptors (Lipinski definition) is 2. The fourth-order valence-corrected chi connectivity index (χ4v) is 1.40. The van der Waals surface area contributed by atoms with Crippen molar-refractivity contribution in [2.24, 2.45) is 17.3 Å². The Morgan fingerprint density at radius 1 is 1.21 bits per heavy atom. The van der Waals surface area contributed by atoms with Gasteiger partial charge in [-0.3, -0.25) is 0 Å². The second kappa shape index (κ2) is 6.06. The third kappa shape index (κ3) is 5.26. The van der Waals surface area contributed by atoms with Gasteiger partial charge in [0.05, 0.1) is 18.6 Å². The molecule has 0 aliphatic heterocycles. The smallest absolute Gasteiger partial charge is 0.0594 e. The van der Waals surface area contributed by atoms with Gasteiger partial charge in [0.2, 0.25) is 0 Å². The Labute approximate surface area is 87.3 Å². The lowest BCUT2D eigenvalue weighted by Gasteiger charge is -2.23. The summed E-state index contributed by atoms with van der Waals surface area (Å²) in [4.78, 5) is 0. The lowest BCUT2D eigenvalue weighted by Crippen LogP contribution is -2.21. The standard InChI is InChI=1S/C12H22O2/c1-10(2)7-12(4,9-14)6-5-11(3)8-13/h10-11,13-14H,7-9H2,1-4H3. The molecule has 0 aromatic carbocycles. The van der Waals surface area contributed by atoms with Crippen LogP contribution in [0.1, 0.15) is 34.1 Å². The molecule has 82 valence electrons. The minimum atomic E-state index is -0.322. The van der Waals surface area contributed by atoms with Crippen molar-refractivity contribution in [2.75, 3.05) is 13.2 Å². The number of rotatable bonds is 4. The molecule has 0 aliphatic rings. The van der Waals surface area contributed by atoms with Crippen LogP contribution in [0.5, 0.6) is 0 Å². The summed E-state index contributed by atoms with van der Waals surface area (Å²) in [5.41, 5.74) is -0.322. The molecule has 0 bridgehead atoms. The maximum Gasteiger partial charge on any atom is 0.0594 e. The van der Waals surface area contributed by atoms with Gasteiger partial charge >= 0.3 is 0 Å². The predicted molar refractivity (Wildman–Crippen MR) is 58.7 cm³/mol. The monoisotopic (exact) mass is 198 g/mol. The highest BCUT2D eigenvalue weighted by Gasteiger charge is 2.21. The SMILES string of the molecule is CC(C)CC(C)(C#CC(C)CO)CO. The average Bonchev–Trinajstić information content (AvgIpc) is 2.13. The molecule has 2 atom stereocenters. The van der Waals surface area contributed by atoms with Gasteiger partial charge in [0, 0.05) is 5.92 Å². The zero-order valence-corrected chi connectivity index (χ0v) is 9.67. The largest absolute Gasteiger partial charge is 0.395 e. The van der Waals surface area contributed by atoms with Crippen molar-refractivity contribution >= 4 is 0 Å². The van der Waals surface area contributed by atoms with Gasteiger partial charge < -0.3 is 10.2 Å². The molecule has 2 heteroatoms. The number of hydrogen-bond donors (Lipinski definition) is 2. The van der Waals surface area contributed by atoms with Crippen molar-refractivity contribution < 1.29 is 10.2 Å². The first kappa shape index (κ1) is 13.5. The normalized spacial score (nSPS) is 17.1. The van der Waals surface area contributed by atoms with E-state index in [1.165, 1.54) is 0 Å². The van der Waals surface area contributed by atoms with E-state index in [2.05, 4.69) is 25.7 Å². The second-order valence-corrected chi connectivity index (χ2v) is 4.67. The van der Waals surface area contributed by atoms with Gasteiger partial charge in [-0.15, -0.1) is 0 Å². The summed E-state index contributed by atoms with van der Waals surface area (Å²) in [7, 11) is 0. The third-order valence-corrected chi connectivity index (χ3v) is 2.10. The minimum Gasteiger partial charge on any atom is -0.395 e. The fourth-order valence-electron chi connectivity index (χ4n) is 1.40. The van der Waals surface area contributed by atoms with E-state index in [-0.39, 0.29) is 24.5 Å². The highest BCUT2D eigenvalue weighted by molar-refractivity contribution is 5.12. The van der Waals surface area contributed by atoms with Gasteiger partial charge in [0.1, 0.15) is 0 Å². The third-order valence-electron chi connectivity index (χ3n) is 2.10. The molecule has 2 N–H and O–H groups in total. The summed E-state index contributed by atoms with van der Waals surface area (Å²) < 4.78 is 0. The summed E-state index contributed by atoms with van der Waals surface area (Å²) in [6.45, 7) is 8.23. The molecule has 0 saturated heterocycles. The Hall–Kier alpha value is -0.520. The van der Waals surface area contributed by atoms with Crippen LogP contribution in [0.25, 0.3) is 0 Å². The van der Waals surface area contributed by atoms with E-state index >= 15 is 0 Å². The van der Waals surface area contributed by atoms with Crippen molar-refractivity contribution in [1.29, 1.82) is 0 Å². The van der Waals surface area contributed by atoms with Crippen LogP contribution in [0.15, 0.2) is 0 Å². The van der Waals surface area contributed by atoms with Crippen molar-refractivity contribution in [3.8, 4) is 11.8 Å². The van der Waals surface area contributed by atoms with Crippen LogP contribution in [0.4, 0.5) is 0 Å². The Morgan fingerprint density at radius 3 is 2.14 bits per heavy atom. The van der Waals surface area contributed by atoms with Crippen molar-refractivity contribution in [2.45, 2.75) is 34.1 Å².